The van der Waals surface area contributed by atoms with Crippen LogP contribution in [-0.2, 0) is 11.6 Å². The summed E-state index contributed by atoms with van der Waals surface area (Å²) < 4.78 is 69.3. The fourth-order valence-electron chi connectivity index (χ4n) is 2.78. The van der Waals surface area contributed by atoms with Gasteiger partial charge in [0.25, 0.3) is 0 Å². The predicted molar refractivity (Wildman–Crippen MR) is 96.8 cm³/mol. The van der Waals surface area contributed by atoms with E-state index in [4.69, 9.17) is 0 Å². The van der Waals surface area contributed by atoms with Crippen molar-refractivity contribution in [3.8, 4) is 11.3 Å². The van der Waals surface area contributed by atoms with Crippen LogP contribution >= 0.6 is 0 Å². The van der Waals surface area contributed by atoms with Gasteiger partial charge in [0, 0.05) is 31.5 Å². The van der Waals surface area contributed by atoms with Gasteiger partial charge in [0.15, 0.2) is 0 Å². The second-order valence-electron chi connectivity index (χ2n) is 7.64. The topological polar surface area (TPSA) is 16.1 Å². The van der Waals surface area contributed by atoms with Gasteiger partial charge in [-0.1, -0.05) is 27.7 Å². The van der Waals surface area contributed by atoms with Gasteiger partial charge in [-0.15, -0.1) is 0 Å². The van der Waals surface area contributed by atoms with E-state index in [1.54, 1.807) is 38.9 Å². The highest BCUT2D eigenvalue weighted by Gasteiger charge is 2.42. The maximum Gasteiger partial charge on any atom is 0.422 e. The Balaban J connectivity index is 2.94. The van der Waals surface area contributed by atoms with E-state index in [0.29, 0.717) is 5.69 Å². The van der Waals surface area contributed by atoms with Crippen molar-refractivity contribution in [2.24, 2.45) is 5.92 Å². The lowest BCUT2D eigenvalue weighted by Crippen LogP contribution is -2.27. The lowest BCUT2D eigenvalue weighted by Gasteiger charge is -2.33. The second-order valence-corrected chi connectivity index (χ2v) is 7.64. The van der Waals surface area contributed by atoms with Crippen LogP contribution in [0.2, 0.25) is 0 Å². The zero-order chi connectivity index (χ0) is 20.7. The van der Waals surface area contributed by atoms with E-state index >= 15 is 4.39 Å². The largest absolute Gasteiger partial charge is 0.422 e. The van der Waals surface area contributed by atoms with E-state index in [1.165, 1.54) is 12.3 Å². The number of benzene rings is 1. The summed E-state index contributed by atoms with van der Waals surface area (Å²) in [5.74, 6) is -3.32. The van der Waals surface area contributed by atoms with E-state index in [2.05, 4.69) is 4.98 Å². The Morgan fingerprint density at radius 1 is 1.04 bits per heavy atom. The molecule has 0 aliphatic carbocycles. The summed E-state index contributed by atoms with van der Waals surface area (Å²) in [5.41, 5.74) is -2.15. The molecule has 0 radical (unpaired) electrons. The van der Waals surface area contributed by atoms with Gasteiger partial charge in [0.1, 0.15) is 17.2 Å². The van der Waals surface area contributed by atoms with Crippen LogP contribution in [0.4, 0.5) is 27.6 Å². The molecule has 0 amide bonds. The van der Waals surface area contributed by atoms with Crippen LogP contribution in [0.25, 0.3) is 11.3 Å². The van der Waals surface area contributed by atoms with Crippen molar-refractivity contribution >= 4 is 5.69 Å². The summed E-state index contributed by atoms with van der Waals surface area (Å²) in [7, 11) is 3.50. The molecule has 27 heavy (non-hydrogen) atoms. The molecular formula is C20H23F5N2. The molecule has 0 saturated heterocycles. The summed E-state index contributed by atoms with van der Waals surface area (Å²) in [4.78, 5) is 5.81. The summed E-state index contributed by atoms with van der Waals surface area (Å²) >= 11 is 0. The highest BCUT2D eigenvalue weighted by molar-refractivity contribution is 5.71. The van der Waals surface area contributed by atoms with Gasteiger partial charge in [-0.2, -0.15) is 13.2 Å². The van der Waals surface area contributed by atoms with Gasteiger partial charge in [0.2, 0.25) is 0 Å². The maximum atomic E-state index is 15.1. The number of halogens is 5. The fraction of sp³-hybridized carbons (Fsp3) is 0.450. The third-order valence-corrected chi connectivity index (χ3v) is 5.16. The molecule has 0 atom stereocenters. The summed E-state index contributed by atoms with van der Waals surface area (Å²) in [6.45, 7) is 7.19. The second kappa shape index (κ2) is 7.09. The zero-order valence-corrected chi connectivity index (χ0v) is 16.2. The lowest BCUT2D eigenvalue weighted by atomic mass is 9.72. The maximum absolute atomic E-state index is 15.1. The Bertz CT molecular complexity index is 839. The highest BCUT2D eigenvalue weighted by atomic mass is 19.4. The number of alkyl halides is 3. The number of hydrogen-bond acceptors (Lipinski definition) is 2. The summed E-state index contributed by atoms with van der Waals surface area (Å²) in [6, 6.07) is 3.95. The molecule has 0 bridgehead atoms. The first-order chi connectivity index (χ1) is 12.3. The predicted octanol–water partition coefficient (Wildman–Crippen LogP) is 6.05. The number of anilines is 1. The number of pyridine rings is 1. The first-order valence-corrected chi connectivity index (χ1v) is 8.51. The molecule has 0 fully saturated rings. The molecule has 148 valence electrons. The van der Waals surface area contributed by atoms with Gasteiger partial charge in [-0.05, 0) is 35.1 Å². The Labute approximate surface area is 156 Å². The Morgan fingerprint density at radius 3 is 2.11 bits per heavy atom. The van der Waals surface area contributed by atoms with Crippen LogP contribution in [0.3, 0.4) is 0 Å². The van der Waals surface area contributed by atoms with E-state index < -0.39 is 28.8 Å². The Kier molecular flexibility index (Phi) is 5.55. The van der Waals surface area contributed by atoms with Crippen molar-refractivity contribution in [1.82, 2.24) is 4.98 Å². The van der Waals surface area contributed by atoms with Crippen LogP contribution in [0.15, 0.2) is 24.4 Å². The quantitative estimate of drug-likeness (QED) is 0.595. The summed E-state index contributed by atoms with van der Waals surface area (Å²) in [6.07, 6.45) is -3.75. The third kappa shape index (κ3) is 3.92. The molecule has 0 spiro atoms. The zero-order valence-electron chi connectivity index (χ0n) is 16.2. The smallest absolute Gasteiger partial charge is 0.378 e. The minimum Gasteiger partial charge on any atom is -0.378 e. The molecule has 2 nitrogen and oxygen atoms in total. The molecule has 2 rings (SSSR count). The van der Waals surface area contributed by atoms with E-state index in [9.17, 15) is 17.6 Å². The van der Waals surface area contributed by atoms with Crippen LogP contribution in [0.5, 0.6) is 0 Å². The van der Waals surface area contributed by atoms with Gasteiger partial charge in [0.05, 0.1) is 5.69 Å². The number of rotatable bonds is 4. The van der Waals surface area contributed by atoms with Crippen molar-refractivity contribution in [2.45, 2.75) is 39.3 Å². The minimum absolute atomic E-state index is 0.0351. The lowest BCUT2D eigenvalue weighted by molar-refractivity contribution is -0.142. The molecule has 0 aliphatic rings. The molecule has 1 aromatic heterocycles. The van der Waals surface area contributed by atoms with E-state index in [-0.39, 0.29) is 22.7 Å². The molecular weight excluding hydrogens is 363 g/mol. The molecule has 0 unspecified atom stereocenters. The number of aromatic nitrogens is 1. The average molecular weight is 386 g/mol. The fourth-order valence-corrected chi connectivity index (χ4v) is 2.78. The molecule has 7 heteroatoms. The van der Waals surface area contributed by atoms with Crippen molar-refractivity contribution < 1.29 is 22.0 Å². The average Bonchev–Trinajstić information content (AvgIpc) is 2.52. The first-order valence-electron chi connectivity index (χ1n) is 8.51. The Morgan fingerprint density at radius 2 is 1.63 bits per heavy atom. The highest BCUT2D eigenvalue weighted by Crippen LogP contribution is 2.44. The van der Waals surface area contributed by atoms with E-state index in [1.807, 2.05) is 13.8 Å². The molecule has 0 N–H and O–H groups in total. The van der Waals surface area contributed by atoms with Crippen molar-refractivity contribution in [3.05, 3.63) is 47.2 Å². The van der Waals surface area contributed by atoms with Gasteiger partial charge >= 0.3 is 6.18 Å². The third-order valence-electron chi connectivity index (χ3n) is 5.16. The Hall–Kier alpha value is -2.18. The monoisotopic (exact) mass is 386 g/mol. The first kappa shape index (κ1) is 21.1. The van der Waals surface area contributed by atoms with Crippen LogP contribution in [-0.4, -0.2) is 19.1 Å². The molecule has 2 aromatic rings. The normalized spacial score (nSPS) is 12.6. The van der Waals surface area contributed by atoms with E-state index in [0.717, 1.165) is 6.07 Å². The van der Waals surface area contributed by atoms with Crippen molar-refractivity contribution in [2.75, 3.05) is 19.0 Å². The number of nitrogens with zero attached hydrogens (tertiary/aromatic N) is 2. The molecule has 0 aliphatic heterocycles. The standard InChI is InChI=1S/C20H23F5N2/c1-11(2)19(3,4)13-10-14(21)17(20(23,24)25)18(22)16(13)15-9-12(27(5)6)7-8-26-15/h7-11H,1-6H3. The molecule has 1 aromatic carbocycles. The van der Waals surface area contributed by atoms with Gasteiger partial charge in [-0.25, -0.2) is 8.78 Å². The molecule has 0 saturated carbocycles. The van der Waals surface area contributed by atoms with Crippen LogP contribution in [0.1, 0.15) is 38.8 Å². The number of hydrogen-bond donors (Lipinski definition) is 0. The van der Waals surface area contributed by atoms with Crippen molar-refractivity contribution in [3.63, 3.8) is 0 Å². The van der Waals surface area contributed by atoms with Gasteiger partial charge in [-0.3, -0.25) is 4.98 Å². The minimum atomic E-state index is -5.15. The van der Waals surface area contributed by atoms with Crippen LogP contribution in [0, 0.1) is 17.6 Å². The van der Waals surface area contributed by atoms with Gasteiger partial charge < -0.3 is 4.90 Å². The SMILES string of the molecule is CC(C)C(C)(C)c1cc(F)c(C(F)(F)F)c(F)c1-c1cc(N(C)C)ccn1. The van der Waals surface area contributed by atoms with Crippen LogP contribution < -0.4 is 4.90 Å². The van der Waals surface area contributed by atoms with Crippen molar-refractivity contribution in [1.29, 1.82) is 0 Å². The summed E-state index contributed by atoms with van der Waals surface area (Å²) in [5, 5.41) is 0. The molecule has 1 heterocycles.